The Labute approximate surface area is 264 Å². The Bertz CT molecular complexity index is 2470. The first-order chi connectivity index (χ1) is 22.2. The topological polar surface area (TPSA) is 0 Å². The van der Waals surface area contributed by atoms with Crippen LogP contribution in [0.25, 0.3) is 88.6 Å². The van der Waals surface area contributed by atoms with E-state index in [4.69, 9.17) is 0 Å². The van der Waals surface area contributed by atoms with Crippen molar-refractivity contribution < 1.29 is 0 Å². The molecule has 0 aliphatic carbocycles. The molecular formula is C45H34. The lowest BCUT2D eigenvalue weighted by Crippen LogP contribution is -2.29. The number of rotatable bonds is 4. The van der Waals surface area contributed by atoms with Gasteiger partial charge in [-0.25, -0.2) is 0 Å². The zero-order chi connectivity index (χ0) is 30.3. The Balaban J connectivity index is 1.45. The van der Waals surface area contributed by atoms with E-state index in [2.05, 4.69) is 172 Å². The van der Waals surface area contributed by atoms with Gasteiger partial charge in [0.05, 0.1) is 0 Å². The number of benzene rings is 8. The monoisotopic (exact) mass is 574 g/mol. The van der Waals surface area contributed by atoms with Crippen molar-refractivity contribution in [1.29, 1.82) is 0 Å². The van der Waals surface area contributed by atoms with Crippen LogP contribution in [0.3, 0.4) is 0 Å². The molecule has 0 spiro atoms. The molecule has 0 bridgehead atoms. The minimum absolute atomic E-state index is 0.966. The van der Waals surface area contributed by atoms with E-state index in [0.717, 1.165) is 6.42 Å². The predicted octanol–water partition coefficient (Wildman–Crippen LogP) is 11.3. The maximum atomic E-state index is 2.40. The second kappa shape index (κ2) is 11.2. The van der Waals surface area contributed by atoms with Gasteiger partial charge in [0, 0.05) is 0 Å². The van der Waals surface area contributed by atoms with Crippen LogP contribution in [0.1, 0.15) is 20.3 Å². The summed E-state index contributed by atoms with van der Waals surface area (Å²) >= 11 is 0. The highest BCUT2D eigenvalue weighted by atomic mass is 14.2. The summed E-state index contributed by atoms with van der Waals surface area (Å²) in [6.45, 7) is 4.42. The van der Waals surface area contributed by atoms with Crippen molar-refractivity contribution >= 4 is 55.2 Å². The average Bonchev–Trinajstić information content (AvgIpc) is 3.10. The molecule has 0 radical (unpaired) electrons. The van der Waals surface area contributed by atoms with Crippen molar-refractivity contribution in [1.82, 2.24) is 0 Å². The fourth-order valence-corrected chi connectivity index (χ4v) is 7.27. The van der Waals surface area contributed by atoms with Crippen molar-refractivity contribution in [2.45, 2.75) is 20.3 Å². The molecule has 0 heterocycles. The van der Waals surface area contributed by atoms with Crippen molar-refractivity contribution in [2.24, 2.45) is 0 Å². The molecule has 0 N–H and O–H groups in total. The van der Waals surface area contributed by atoms with Crippen LogP contribution in [0.15, 0.2) is 146 Å². The van der Waals surface area contributed by atoms with E-state index in [9.17, 15) is 0 Å². The Kier molecular flexibility index (Phi) is 6.77. The molecule has 0 saturated carbocycles. The number of hydrogen-bond acceptors (Lipinski definition) is 0. The van der Waals surface area contributed by atoms with E-state index in [0.29, 0.717) is 0 Å². The van der Waals surface area contributed by atoms with Crippen molar-refractivity contribution in [3.05, 3.63) is 156 Å². The lowest BCUT2D eigenvalue weighted by molar-refractivity contribution is 1.28. The van der Waals surface area contributed by atoms with E-state index >= 15 is 0 Å². The fourth-order valence-electron chi connectivity index (χ4n) is 7.27. The van der Waals surface area contributed by atoms with Crippen LogP contribution in [0, 0.1) is 0 Å². The van der Waals surface area contributed by atoms with Crippen LogP contribution in [-0.4, -0.2) is 0 Å². The van der Waals surface area contributed by atoms with Crippen LogP contribution >= 0.6 is 0 Å². The molecule has 0 nitrogen and oxygen atoms in total. The summed E-state index contributed by atoms with van der Waals surface area (Å²) in [5, 5.41) is 12.8. The molecule has 8 aromatic rings. The molecule has 0 saturated heterocycles. The zero-order valence-electron chi connectivity index (χ0n) is 25.7. The van der Waals surface area contributed by atoms with Gasteiger partial charge in [0.25, 0.3) is 0 Å². The summed E-state index contributed by atoms with van der Waals surface area (Å²) in [6, 6.07) is 53.6. The summed E-state index contributed by atoms with van der Waals surface area (Å²) in [4.78, 5) is 0. The molecular weight excluding hydrogens is 540 g/mol. The Morgan fingerprint density at radius 2 is 0.889 bits per heavy atom. The Hall–Kier alpha value is -5.46. The third-order valence-electron chi connectivity index (χ3n) is 9.28. The van der Waals surface area contributed by atoms with Gasteiger partial charge in [-0.15, -0.1) is 0 Å². The van der Waals surface area contributed by atoms with Gasteiger partial charge in [-0.1, -0.05) is 153 Å². The molecule has 0 aliphatic heterocycles. The molecule has 214 valence electrons. The molecule has 8 rings (SSSR count). The van der Waals surface area contributed by atoms with E-state index in [1.807, 2.05) is 0 Å². The number of fused-ring (bicyclic) bond motifs is 4. The van der Waals surface area contributed by atoms with Gasteiger partial charge >= 0.3 is 0 Å². The van der Waals surface area contributed by atoms with Gasteiger partial charge < -0.3 is 0 Å². The van der Waals surface area contributed by atoms with Gasteiger partial charge in [-0.2, -0.15) is 0 Å². The van der Waals surface area contributed by atoms with Gasteiger partial charge in [0.1, 0.15) is 0 Å². The Morgan fingerprint density at radius 3 is 1.44 bits per heavy atom. The van der Waals surface area contributed by atoms with Crippen LogP contribution in [0.4, 0.5) is 0 Å². The van der Waals surface area contributed by atoms with Gasteiger partial charge in [-0.3, -0.25) is 0 Å². The van der Waals surface area contributed by atoms with Gasteiger partial charge in [0.15, 0.2) is 0 Å². The fraction of sp³-hybridized carbons (Fsp3) is 0.0667. The van der Waals surface area contributed by atoms with Crippen molar-refractivity contribution in [3.63, 3.8) is 0 Å². The molecule has 0 amide bonds. The minimum atomic E-state index is 0.966. The zero-order valence-corrected chi connectivity index (χ0v) is 25.7. The first-order valence-electron chi connectivity index (χ1n) is 16.0. The SMILES string of the molecule is C/C=c1/c(-c2c3ccccc3c(-c3ccc4ccccc4c3)c3ccccc23)ccc(-c2ccc3ccccc3c2)/c1=C/CC. The van der Waals surface area contributed by atoms with Crippen LogP contribution < -0.4 is 10.4 Å². The lowest BCUT2D eigenvalue weighted by atomic mass is 9.84. The normalized spacial score (nSPS) is 12.6. The van der Waals surface area contributed by atoms with Gasteiger partial charge in [0.2, 0.25) is 0 Å². The second-order valence-corrected chi connectivity index (χ2v) is 11.9. The summed E-state index contributed by atoms with van der Waals surface area (Å²) in [6.07, 6.45) is 5.67. The first kappa shape index (κ1) is 27.1. The first-order valence-corrected chi connectivity index (χ1v) is 16.0. The molecule has 0 atom stereocenters. The van der Waals surface area contributed by atoms with E-state index < -0.39 is 0 Å². The smallest absolute Gasteiger partial charge is 0.00202 e. The highest BCUT2D eigenvalue weighted by molar-refractivity contribution is 6.21. The van der Waals surface area contributed by atoms with Gasteiger partial charge in [-0.05, 0) is 112 Å². The van der Waals surface area contributed by atoms with E-state index in [1.54, 1.807) is 0 Å². The summed E-state index contributed by atoms with van der Waals surface area (Å²) in [7, 11) is 0. The highest BCUT2D eigenvalue weighted by Crippen LogP contribution is 2.43. The van der Waals surface area contributed by atoms with Crippen molar-refractivity contribution in [3.8, 4) is 33.4 Å². The van der Waals surface area contributed by atoms with Crippen LogP contribution in [0.5, 0.6) is 0 Å². The molecule has 0 fully saturated rings. The maximum Gasteiger partial charge on any atom is -0.00202 e. The molecule has 0 aromatic heterocycles. The summed E-state index contributed by atoms with van der Waals surface area (Å²) in [5.74, 6) is 0. The molecule has 0 heteroatoms. The third kappa shape index (κ3) is 4.53. The average molecular weight is 575 g/mol. The second-order valence-electron chi connectivity index (χ2n) is 11.9. The Morgan fingerprint density at radius 1 is 0.422 bits per heavy atom. The predicted molar refractivity (Wildman–Crippen MR) is 197 cm³/mol. The summed E-state index contributed by atoms with van der Waals surface area (Å²) < 4.78 is 0. The standard InChI is InChI=1S/C45H34/c1-3-13-38-36(4-2)43(27-26-37(38)34-24-22-30-14-5-7-16-32(30)28-34)45-41-20-11-9-18-39(41)44(40-19-10-12-21-42(40)45)35-25-23-31-15-6-8-17-33(31)29-35/h4-29H,3H2,1-2H3/b36-4+,38-13+. The van der Waals surface area contributed by atoms with E-state index in [-0.39, 0.29) is 0 Å². The molecule has 8 aromatic carbocycles. The van der Waals surface area contributed by atoms with E-state index in [1.165, 1.54) is 86.9 Å². The summed E-state index contributed by atoms with van der Waals surface area (Å²) in [5.41, 5.74) is 7.66. The third-order valence-corrected chi connectivity index (χ3v) is 9.28. The largest absolute Gasteiger partial charge is 0.0791 e. The molecule has 0 aliphatic rings. The van der Waals surface area contributed by atoms with Crippen LogP contribution in [-0.2, 0) is 0 Å². The highest BCUT2D eigenvalue weighted by Gasteiger charge is 2.18. The van der Waals surface area contributed by atoms with Crippen molar-refractivity contribution in [2.75, 3.05) is 0 Å². The lowest BCUT2D eigenvalue weighted by Gasteiger charge is -2.19. The quantitative estimate of drug-likeness (QED) is 0.183. The number of hydrogen-bond donors (Lipinski definition) is 0. The molecule has 45 heavy (non-hydrogen) atoms. The van der Waals surface area contributed by atoms with Crippen LogP contribution in [0.2, 0.25) is 0 Å². The maximum absolute atomic E-state index is 2.40. The molecule has 0 unspecified atom stereocenters. The minimum Gasteiger partial charge on any atom is -0.0791 e.